The van der Waals surface area contributed by atoms with E-state index in [0.29, 0.717) is 10.9 Å². The number of nitrogen functional groups attached to an aromatic ring is 1. The molecule has 2 rings (SSSR count). The fourth-order valence-electron chi connectivity index (χ4n) is 2.52. The molecule has 3 N–H and O–H groups in total. The third-order valence-corrected chi connectivity index (χ3v) is 3.62. The number of rotatable bonds is 3. The third kappa shape index (κ3) is 3.05. The van der Waals surface area contributed by atoms with Crippen LogP contribution in [0.25, 0.3) is 0 Å². The summed E-state index contributed by atoms with van der Waals surface area (Å²) in [5.74, 6) is 0.573. The van der Waals surface area contributed by atoms with Crippen LogP contribution in [0.5, 0.6) is 0 Å². The van der Waals surface area contributed by atoms with Gasteiger partial charge in [0.25, 0.3) is 0 Å². The van der Waals surface area contributed by atoms with Crippen LogP contribution < -0.4 is 10.6 Å². The van der Waals surface area contributed by atoms with Gasteiger partial charge in [-0.25, -0.2) is 0 Å². The fraction of sp³-hybridized carbons (Fsp3) is 0.538. The van der Waals surface area contributed by atoms with Crippen LogP contribution in [0.1, 0.15) is 19.3 Å². The van der Waals surface area contributed by atoms with Gasteiger partial charge >= 0.3 is 0 Å². The number of anilines is 2. The number of halogens is 1. The molecular weight excluding hydrogens is 236 g/mol. The SMILES string of the molecule is Nc1cc(Cl)ccc1N1CCCC(CCO)C1. The van der Waals surface area contributed by atoms with Crippen LogP contribution in [-0.4, -0.2) is 24.8 Å². The summed E-state index contributed by atoms with van der Waals surface area (Å²) in [5, 5.41) is 9.68. The van der Waals surface area contributed by atoms with Crippen molar-refractivity contribution in [2.24, 2.45) is 5.92 Å². The normalized spacial score (nSPS) is 20.6. The molecule has 0 bridgehead atoms. The highest BCUT2D eigenvalue weighted by Gasteiger charge is 2.20. The van der Waals surface area contributed by atoms with Gasteiger partial charge in [-0.3, -0.25) is 0 Å². The molecule has 4 heteroatoms. The van der Waals surface area contributed by atoms with Crippen LogP contribution in [0.15, 0.2) is 18.2 Å². The second kappa shape index (κ2) is 5.61. The number of hydrogen-bond acceptors (Lipinski definition) is 3. The summed E-state index contributed by atoms with van der Waals surface area (Å²) in [6.07, 6.45) is 3.24. The van der Waals surface area contributed by atoms with Crippen molar-refractivity contribution < 1.29 is 5.11 Å². The van der Waals surface area contributed by atoms with E-state index in [-0.39, 0.29) is 6.61 Å². The quantitative estimate of drug-likeness (QED) is 0.815. The highest BCUT2D eigenvalue weighted by atomic mass is 35.5. The molecule has 0 spiro atoms. The number of aliphatic hydroxyl groups is 1. The summed E-state index contributed by atoms with van der Waals surface area (Å²) < 4.78 is 0. The van der Waals surface area contributed by atoms with E-state index >= 15 is 0 Å². The third-order valence-electron chi connectivity index (χ3n) is 3.39. The first-order valence-electron chi connectivity index (χ1n) is 6.11. The summed E-state index contributed by atoms with van der Waals surface area (Å²) in [6.45, 7) is 2.29. The van der Waals surface area contributed by atoms with E-state index in [0.717, 1.165) is 37.3 Å². The lowest BCUT2D eigenvalue weighted by atomic mass is 9.94. The topological polar surface area (TPSA) is 49.5 Å². The highest BCUT2D eigenvalue weighted by molar-refractivity contribution is 6.31. The standard InChI is InChI=1S/C13H19ClN2O/c14-11-3-4-13(12(15)8-11)16-6-1-2-10(9-16)5-7-17/h3-4,8,10,17H,1-2,5-7,9,15H2. The van der Waals surface area contributed by atoms with Gasteiger partial charge in [-0.1, -0.05) is 11.6 Å². The lowest BCUT2D eigenvalue weighted by Gasteiger charge is -2.35. The van der Waals surface area contributed by atoms with Gasteiger partial charge < -0.3 is 15.7 Å². The minimum Gasteiger partial charge on any atom is -0.397 e. The van der Waals surface area contributed by atoms with Gasteiger partial charge in [-0.15, -0.1) is 0 Å². The lowest BCUT2D eigenvalue weighted by Crippen LogP contribution is -2.36. The monoisotopic (exact) mass is 254 g/mol. The van der Waals surface area contributed by atoms with E-state index in [1.54, 1.807) is 6.07 Å². The number of benzene rings is 1. The van der Waals surface area contributed by atoms with Crippen LogP contribution in [0, 0.1) is 5.92 Å². The Morgan fingerprint density at radius 2 is 2.29 bits per heavy atom. The molecule has 1 aliphatic rings. The van der Waals surface area contributed by atoms with Crippen molar-refractivity contribution in [2.45, 2.75) is 19.3 Å². The Balaban J connectivity index is 2.10. The Morgan fingerprint density at radius 3 is 3.00 bits per heavy atom. The van der Waals surface area contributed by atoms with E-state index in [9.17, 15) is 0 Å². The van der Waals surface area contributed by atoms with Gasteiger partial charge in [0, 0.05) is 24.7 Å². The van der Waals surface area contributed by atoms with Crippen LogP contribution >= 0.6 is 11.6 Å². The maximum absolute atomic E-state index is 9.01. The maximum atomic E-state index is 9.01. The van der Waals surface area contributed by atoms with Gasteiger partial charge in [-0.05, 0) is 43.4 Å². The second-order valence-corrected chi connectivity index (χ2v) is 5.11. The van der Waals surface area contributed by atoms with E-state index in [1.165, 1.54) is 6.42 Å². The first-order valence-corrected chi connectivity index (χ1v) is 6.49. The molecule has 1 atom stereocenters. The van der Waals surface area contributed by atoms with Gasteiger partial charge in [0.15, 0.2) is 0 Å². The average Bonchev–Trinajstić information content (AvgIpc) is 2.29. The number of nitrogens with two attached hydrogens (primary N) is 1. The molecule has 1 heterocycles. The van der Waals surface area contributed by atoms with Gasteiger partial charge in [-0.2, -0.15) is 0 Å². The van der Waals surface area contributed by atoms with E-state index in [1.807, 2.05) is 12.1 Å². The van der Waals surface area contributed by atoms with Crippen LogP contribution in [0.2, 0.25) is 5.02 Å². The van der Waals surface area contributed by atoms with Gasteiger partial charge in [0.05, 0.1) is 11.4 Å². The predicted octanol–water partition coefficient (Wildman–Crippen LogP) is 2.52. The Bertz CT molecular complexity index is 382. The molecule has 3 nitrogen and oxygen atoms in total. The predicted molar refractivity (Wildman–Crippen MR) is 72.5 cm³/mol. The van der Waals surface area contributed by atoms with Crippen LogP contribution in [0.4, 0.5) is 11.4 Å². The molecule has 0 saturated carbocycles. The van der Waals surface area contributed by atoms with Crippen LogP contribution in [-0.2, 0) is 0 Å². The number of aliphatic hydroxyl groups excluding tert-OH is 1. The molecule has 1 aromatic carbocycles. The molecule has 1 aliphatic heterocycles. The highest BCUT2D eigenvalue weighted by Crippen LogP contribution is 2.30. The van der Waals surface area contributed by atoms with Crippen molar-refractivity contribution in [3.05, 3.63) is 23.2 Å². The zero-order valence-corrected chi connectivity index (χ0v) is 10.7. The molecule has 1 unspecified atom stereocenters. The molecule has 1 aromatic rings. The number of nitrogens with zero attached hydrogens (tertiary/aromatic N) is 1. The molecule has 94 valence electrons. The van der Waals surface area contributed by atoms with Gasteiger partial charge in [0.1, 0.15) is 0 Å². The number of piperidine rings is 1. The Morgan fingerprint density at radius 1 is 1.47 bits per heavy atom. The van der Waals surface area contributed by atoms with Crippen molar-refractivity contribution in [1.82, 2.24) is 0 Å². The van der Waals surface area contributed by atoms with Crippen molar-refractivity contribution in [3.8, 4) is 0 Å². The maximum Gasteiger partial charge on any atom is 0.0601 e. The summed E-state index contributed by atoms with van der Waals surface area (Å²) in [4.78, 5) is 2.30. The zero-order valence-electron chi connectivity index (χ0n) is 9.90. The first kappa shape index (κ1) is 12.5. The Hall–Kier alpha value is -0.930. The molecule has 0 amide bonds. The van der Waals surface area contributed by atoms with Crippen LogP contribution in [0.3, 0.4) is 0 Å². The molecular formula is C13H19ClN2O. The lowest BCUT2D eigenvalue weighted by molar-refractivity contribution is 0.244. The zero-order chi connectivity index (χ0) is 12.3. The average molecular weight is 255 g/mol. The summed E-state index contributed by atoms with van der Waals surface area (Å²) in [6, 6.07) is 5.66. The van der Waals surface area contributed by atoms with Crippen molar-refractivity contribution in [2.75, 3.05) is 30.3 Å². The van der Waals surface area contributed by atoms with E-state index < -0.39 is 0 Å². The van der Waals surface area contributed by atoms with Gasteiger partial charge in [0.2, 0.25) is 0 Å². The minimum absolute atomic E-state index is 0.272. The van der Waals surface area contributed by atoms with E-state index in [2.05, 4.69) is 4.90 Å². The van der Waals surface area contributed by atoms with Crippen molar-refractivity contribution in [3.63, 3.8) is 0 Å². The fourth-order valence-corrected chi connectivity index (χ4v) is 2.70. The summed E-state index contributed by atoms with van der Waals surface area (Å²) in [7, 11) is 0. The summed E-state index contributed by atoms with van der Waals surface area (Å²) in [5.41, 5.74) is 7.80. The molecule has 1 saturated heterocycles. The molecule has 1 fully saturated rings. The first-order chi connectivity index (χ1) is 8.20. The summed E-state index contributed by atoms with van der Waals surface area (Å²) >= 11 is 5.90. The molecule has 17 heavy (non-hydrogen) atoms. The largest absolute Gasteiger partial charge is 0.397 e. The van der Waals surface area contributed by atoms with Crippen molar-refractivity contribution >= 4 is 23.0 Å². The molecule has 0 aliphatic carbocycles. The smallest absolute Gasteiger partial charge is 0.0601 e. The Kier molecular flexibility index (Phi) is 4.13. The van der Waals surface area contributed by atoms with E-state index in [4.69, 9.17) is 22.4 Å². The molecule has 0 aromatic heterocycles. The Labute approximate surface area is 107 Å². The number of hydrogen-bond donors (Lipinski definition) is 2. The second-order valence-electron chi connectivity index (χ2n) is 4.67. The van der Waals surface area contributed by atoms with Crippen molar-refractivity contribution in [1.29, 1.82) is 0 Å². The molecule has 0 radical (unpaired) electrons. The minimum atomic E-state index is 0.272.